The molecule has 0 aliphatic carbocycles. The van der Waals surface area contributed by atoms with Crippen LogP contribution in [0.25, 0.3) is 4.85 Å². The van der Waals surface area contributed by atoms with E-state index in [4.69, 9.17) is 6.57 Å². The molecule has 0 bridgehead atoms. The molecule has 0 amide bonds. The first kappa shape index (κ1) is 7.70. The molecule has 0 atom stereocenters. The highest BCUT2D eigenvalue weighted by Crippen LogP contribution is 1.80. The van der Waals surface area contributed by atoms with Crippen molar-refractivity contribution >= 4 is 5.97 Å². The van der Waals surface area contributed by atoms with Crippen LogP contribution in [0.5, 0.6) is 0 Å². The first-order valence-corrected chi connectivity index (χ1v) is 2.51. The molecule has 0 N–H and O–H groups in total. The zero-order chi connectivity index (χ0) is 7.11. The van der Waals surface area contributed by atoms with E-state index < -0.39 is 5.97 Å². The van der Waals surface area contributed by atoms with E-state index in [0.29, 0.717) is 6.61 Å². The highest BCUT2D eigenvalue weighted by atomic mass is 16.5. The maximum atomic E-state index is 10.3. The maximum absolute atomic E-state index is 10.3. The Bertz CT molecular complexity index is 155. The third-order valence-electron chi connectivity index (χ3n) is 0.572. The van der Waals surface area contributed by atoms with Gasteiger partial charge in [0.25, 0.3) is 0 Å². The molecule has 3 nitrogen and oxygen atoms in total. The van der Waals surface area contributed by atoms with Crippen LogP contribution in [0.15, 0.2) is 12.3 Å². The molecule has 0 fully saturated rings. The van der Waals surface area contributed by atoms with Crippen molar-refractivity contribution in [3.63, 3.8) is 0 Å². The molecule has 0 aromatic carbocycles. The molecule has 0 rings (SSSR count). The molecule has 0 spiro atoms. The van der Waals surface area contributed by atoms with Crippen LogP contribution in [0.3, 0.4) is 0 Å². The van der Waals surface area contributed by atoms with E-state index in [1.165, 1.54) is 0 Å². The van der Waals surface area contributed by atoms with Gasteiger partial charge in [0.15, 0.2) is 6.20 Å². The summed E-state index contributed by atoms with van der Waals surface area (Å²) in [5.41, 5.74) is 0. The molecule has 0 aliphatic rings. The summed E-state index contributed by atoms with van der Waals surface area (Å²) in [4.78, 5) is 13.2. The fourth-order valence-corrected chi connectivity index (χ4v) is 0.288. The SMILES string of the molecule is [C-]#[N+]C=CC(=O)OCC. The van der Waals surface area contributed by atoms with E-state index in [1.807, 2.05) is 0 Å². The predicted octanol–water partition coefficient (Wildman–Crippen LogP) is 0.982. The number of ether oxygens (including phenoxy) is 1. The molecule has 0 aromatic rings. The Morgan fingerprint density at radius 2 is 2.56 bits per heavy atom. The van der Waals surface area contributed by atoms with Crippen molar-refractivity contribution in [2.24, 2.45) is 0 Å². The second kappa shape index (κ2) is 4.85. The molecular formula is C6H7NO2. The first-order valence-electron chi connectivity index (χ1n) is 2.51. The fraction of sp³-hybridized carbons (Fsp3) is 0.333. The topological polar surface area (TPSA) is 30.7 Å². The minimum absolute atomic E-state index is 0.348. The Kier molecular flexibility index (Phi) is 4.15. The van der Waals surface area contributed by atoms with Gasteiger partial charge in [0.05, 0.1) is 13.2 Å². The molecule has 3 heteroatoms. The molecule has 48 valence electrons. The largest absolute Gasteiger partial charge is 0.464 e. The number of esters is 1. The van der Waals surface area contributed by atoms with E-state index in [9.17, 15) is 4.79 Å². The third-order valence-corrected chi connectivity index (χ3v) is 0.572. The molecule has 0 saturated heterocycles. The van der Waals surface area contributed by atoms with Gasteiger partial charge in [-0.05, 0) is 6.92 Å². The summed E-state index contributed by atoms with van der Waals surface area (Å²) < 4.78 is 4.47. The second-order valence-electron chi connectivity index (χ2n) is 1.20. The quantitative estimate of drug-likeness (QED) is 0.313. The van der Waals surface area contributed by atoms with Crippen LogP contribution in [0.2, 0.25) is 0 Å². The minimum Gasteiger partial charge on any atom is -0.464 e. The van der Waals surface area contributed by atoms with E-state index in [2.05, 4.69) is 9.58 Å². The van der Waals surface area contributed by atoms with Crippen LogP contribution in [-0.4, -0.2) is 12.6 Å². The minimum atomic E-state index is -0.464. The summed E-state index contributed by atoms with van der Waals surface area (Å²) in [6, 6.07) is 0. The second-order valence-corrected chi connectivity index (χ2v) is 1.20. The van der Waals surface area contributed by atoms with Gasteiger partial charge in [-0.15, -0.1) is 0 Å². The average molecular weight is 125 g/mol. The van der Waals surface area contributed by atoms with Crippen LogP contribution < -0.4 is 0 Å². The summed E-state index contributed by atoms with van der Waals surface area (Å²) in [6.07, 6.45) is 2.16. The van der Waals surface area contributed by atoms with Gasteiger partial charge >= 0.3 is 5.97 Å². The molecule has 0 aromatic heterocycles. The zero-order valence-electron chi connectivity index (χ0n) is 5.13. The van der Waals surface area contributed by atoms with Gasteiger partial charge < -0.3 is 4.74 Å². The average Bonchev–Trinajstić information content (AvgIpc) is 1.85. The normalized spacial score (nSPS) is 8.89. The molecular weight excluding hydrogens is 118 g/mol. The maximum Gasteiger partial charge on any atom is 0.319 e. The van der Waals surface area contributed by atoms with Crippen molar-refractivity contribution in [2.75, 3.05) is 6.61 Å². The number of carbonyl (C=O) groups is 1. The third kappa shape index (κ3) is 4.56. The fourth-order valence-electron chi connectivity index (χ4n) is 0.288. The van der Waals surface area contributed by atoms with E-state index in [0.717, 1.165) is 12.3 Å². The van der Waals surface area contributed by atoms with Crippen LogP contribution in [0, 0.1) is 6.57 Å². The van der Waals surface area contributed by atoms with E-state index in [-0.39, 0.29) is 0 Å². The monoisotopic (exact) mass is 125 g/mol. The highest BCUT2D eigenvalue weighted by Gasteiger charge is 1.89. The first-order chi connectivity index (χ1) is 4.31. The van der Waals surface area contributed by atoms with Crippen LogP contribution in [0.4, 0.5) is 0 Å². The number of nitrogens with zero attached hydrogens (tertiary/aromatic N) is 1. The summed E-state index contributed by atoms with van der Waals surface area (Å²) in [7, 11) is 0. The predicted molar refractivity (Wildman–Crippen MR) is 32.4 cm³/mol. The van der Waals surface area contributed by atoms with Crippen LogP contribution >= 0.6 is 0 Å². The number of hydrogen-bond acceptors (Lipinski definition) is 2. The van der Waals surface area contributed by atoms with Crippen molar-refractivity contribution < 1.29 is 9.53 Å². The van der Waals surface area contributed by atoms with Crippen molar-refractivity contribution in [3.8, 4) is 0 Å². The lowest BCUT2D eigenvalue weighted by Crippen LogP contribution is -1.98. The number of hydrogen-bond donors (Lipinski definition) is 0. The Labute approximate surface area is 53.8 Å². The lowest BCUT2D eigenvalue weighted by Gasteiger charge is -1.91. The molecule has 0 saturated carbocycles. The standard InChI is InChI=1S/C6H7NO2/c1-3-9-6(8)4-5-7-2/h4-5H,3H2,1H3. The van der Waals surface area contributed by atoms with Crippen molar-refractivity contribution in [3.05, 3.63) is 23.7 Å². The Balaban J connectivity index is 3.53. The Hall–Kier alpha value is -1.30. The van der Waals surface area contributed by atoms with Gasteiger partial charge in [-0.3, -0.25) is 0 Å². The van der Waals surface area contributed by atoms with Gasteiger partial charge in [0.2, 0.25) is 0 Å². The summed E-state index contributed by atoms with van der Waals surface area (Å²) in [6.45, 7) is 8.32. The van der Waals surface area contributed by atoms with Gasteiger partial charge in [0, 0.05) is 6.08 Å². The van der Waals surface area contributed by atoms with Crippen molar-refractivity contribution in [1.82, 2.24) is 0 Å². The van der Waals surface area contributed by atoms with Crippen LogP contribution in [0.1, 0.15) is 6.92 Å². The summed E-state index contributed by atoms with van der Waals surface area (Å²) in [5, 5.41) is 0. The van der Waals surface area contributed by atoms with Gasteiger partial charge in [-0.25, -0.2) is 9.64 Å². The highest BCUT2D eigenvalue weighted by molar-refractivity contribution is 5.82. The van der Waals surface area contributed by atoms with Gasteiger partial charge in [-0.2, -0.15) is 0 Å². The molecule has 0 unspecified atom stereocenters. The number of rotatable bonds is 2. The Morgan fingerprint density at radius 3 is 3.00 bits per heavy atom. The van der Waals surface area contributed by atoms with Gasteiger partial charge in [0.1, 0.15) is 0 Å². The molecule has 0 aliphatic heterocycles. The van der Waals surface area contributed by atoms with Crippen molar-refractivity contribution in [2.45, 2.75) is 6.92 Å². The van der Waals surface area contributed by atoms with Crippen LogP contribution in [-0.2, 0) is 9.53 Å². The summed E-state index contributed by atoms with van der Waals surface area (Å²) >= 11 is 0. The Morgan fingerprint density at radius 1 is 1.89 bits per heavy atom. The van der Waals surface area contributed by atoms with Crippen molar-refractivity contribution in [1.29, 1.82) is 0 Å². The number of carbonyl (C=O) groups excluding carboxylic acids is 1. The lowest BCUT2D eigenvalue weighted by atomic mass is 10.6. The molecule has 9 heavy (non-hydrogen) atoms. The van der Waals surface area contributed by atoms with E-state index in [1.54, 1.807) is 6.92 Å². The summed E-state index contributed by atoms with van der Waals surface area (Å²) in [5.74, 6) is -0.464. The zero-order valence-corrected chi connectivity index (χ0v) is 5.13. The lowest BCUT2D eigenvalue weighted by molar-refractivity contribution is -0.137. The molecule has 0 radical (unpaired) electrons. The van der Waals surface area contributed by atoms with E-state index >= 15 is 0 Å². The molecule has 0 heterocycles. The smallest absolute Gasteiger partial charge is 0.319 e. The van der Waals surface area contributed by atoms with Gasteiger partial charge in [-0.1, -0.05) is 0 Å².